The molecule has 0 saturated carbocycles. The highest BCUT2D eigenvalue weighted by Gasteiger charge is 2.36. The van der Waals surface area contributed by atoms with E-state index in [1.807, 2.05) is 20.9 Å². The first-order valence-electron chi connectivity index (χ1n) is 13.5. The zero-order valence-electron chi connectivity index (χ0n) is 22.8. The summed E-state index contributed by atoms with van der Waals surface area (Å²) in [5, 5.41) is 10.4. The molecule has 11 heteroatoms. The molecule has 0 spiro atoms. The van der Waals surface area contributed by atoms with E-state index in [9.17, 15) is 19.1 Å². The van der Waals surface area contributed by atoms with E-state index in [0.717, 1.165) is 18.7 Å². The van der Waals surface area contributed by atoms with Crippen LogP contribution in [0.4, 0.5) is 15.9 Å². The van der Waals surface area contributed by atoms with Crippen LogP contribution in [0.2, 0.25) is 0 Å². The maximum absolute atomic E-state index is 14.7. The van der Waals surface area contributed by atoms with E-state index in [1.165, 1.54) is 24.3 Å². The number of piperazine rings is 2. The summed E-state index contributed by atoms with van der Waals surface area (Å²) in [5.41, 5.74) is 1.70. The molecule has 0 bridgehead atoms. The normalized spacial score (nSPS) is 22.1. The van der Waals surface area contributed by atoms with Crippen molar-refractivity contribution in [2.45, 2.75) is 38.9 Å². The first-order chi connectivity index (χ1) is 18.7. The minimum Gasteiger partial charge on any atom is -0.506 e. The predicted molar refractivity (Wildman–Crippen MR) is 146 cm³/mol. The fourth-order valence-electron chi connectivity index (χ4n) is 5.75. The fraction of sp³-hybridized carbons (Fsp3) is 0.500. The molecule has 2 aromatic rings. The van der Waals surface area contributed by atoms with Gasteiger partial charge in [0.05, 0.1) is 12.2 Å². The zero-order chi connectivity index (χ0) is 27.8. The molecule has 3 aliphatic heterocycles. The van der Waals surface area contributed by atoms with Crippen LogP contribution in [0.1, 0.15) is 35.7 Å². The summed E-state index contributed by atoms with van der Waals surface area (Å²) in [6.45, 7) is 12.2. The number of hydrogen-bond donors (Lipinski definition) is 1. The van der Waals surface area contributed by atoms with E-state index >= 15 is 0 Å². The van der Waals surface area contributed by atoms with Crippen LogP contribution in [-0.2, 0) is 17.8 Å². The summed E-state index contributed by atoms with van der Waals surface area (Å²) in [7, 11) is 2.03. The quantitative estimate of drug-likeness (QED) is 0.591. The van der Waals surface area contributed by atoms with Crippen molar-refractivity contribution in [1.29, 1.82) is 0 Å². The Labute approximate surface area is 228 Å². The van der Waals surface area contributed by atoms with Crippen molar-refractivity contribution >= 4 is 23.3 Å². The summed E-state index contributed by atoms with van der Waals surface area (Å²) in [5.74, 6) is -0.152. The Morgan fingerprint density at radius 2 is 1.82 bits per heavy atom. The number of para-hydroxylation sites is 1. The van der Waals surface area contributed by atoms with Gasteiger partial charge in [0.2, 0.25) is 11.7 Å². The lowest BCUT2D eigenvalue weighted by Crippen LogP contribution is -2.58. The van der Waals surface area contributed by atoms with Gasteiger partial charge in [-0.15, -0.1) is 0 Å². The van der Waals surface area contributed by atoms with Crippen LogP contribution in [0.5, 0.6) is 5.75 Å². The molecular weight excluding hydrogens is 501 g/mol. The van der Waals surface area contributed by atoms with Crippen molar-refractivity contribution in [3.8, 4) is 5.75 Å². The SMILES string of the molecule is C=CC(=O)N1C[C@H](C)N(c2nc(C(=O)N3CCN(C)CC3)nc3c2CCN(c2c(O)cccc2F)C3)C[C@H]1C. The number of anilines is 2. The average molecular weight is 538 g/mol. The molecule has 39 heavy (non-hydrogen) atoms. The minimum atomic E-state index is -0.507. The highest BCUT2D eigenvalue weighted by atomic mass is 19.1. The molecule has 2 atom stereocenters. The number of halogens is 1. The van der Waals surface area contributed by atoms with Crippen LogP contribution in [0.25, 0.3) is 0 Å². The second-order valence-corrected chi connectivity index (χ2v) is 10.7. The number of carbonyl (C=O) groups excluding carboxylic acids is 2. The molecule has 5 rings (SSSR count). The van der Waals surface area contributed by atoms with Crippen LogP contribution >= 0.6 is 0 Å². The van der Waals surface area contributed by atoms with Gasteiger partial charge in [-0.25, -0.2) is 14.4 Å². The van der Waals surface area contributed by atoms with Crippen LogP contribution in [0.15, 0.2) is 30.9 Å². The van der Waals surface area contributed by atoms with Gasteiger partial charge in [0.15, 0.2) is 0 Å². The van der Waals surface area contributed by atoms with Crippen LogP contribution < -0.4 is 9.80 Å². The summed E-state index contributed by atoms with van der Waals surface area (Å²) in [6.07, 6.45) is 1.86. The number of amides is 2. The lowest BCUT2D eigenvalue weighted by Gasteiger charge is -2.45. The Bertz CT molecular complexity index is 1260. The van der Waals surface area contributed by atoms with Gasteiger partial charge in [0.1, 0.15) is 23.1 Å². The van der Waals surface area contributed by atoms with Crippen molar-refractivity contribution < 1.29 is 19.1 Å². The maximum atomic E-state index is 14.7. The van der Waals surface area contributed by atoms with Crippen molar-refractivity contribution in [2.75, 3.05) is 62.7 Å². The third-order valence-corrected chi connectivity index (χ3v) is 8.02. The van der Waals surface area contributed by atoms with Crippen molar-refractivity contribution in [1.82, 2.24) is 24.7 Å². The number of aromatic hydroxyl groups is 1. The maximum Gasteiger partial charge on any atom is 0.291 e. The van der Waals surface area contributed by atoms with Crippen LogP contribution in [0.3, 0.4) is 0 Å². The Balaban J connectivity index is 1.53. The molecule has 1 N–H and O–H groups in total. The minimum absolute atomic E-state index is 0.0515. The smallest absolute Gasteiger partial charge is 0.291 e. The highest BCUT2D eigenvalue weighted by molar-refractivity contribution is 5.91. The van der Waals surface area contributed by atoms with Crippen molar-refractivity contribution in [2.24, 2.45) is 0 Å². The summed E-state index contributed by atoms with van der Waals surface area (Å²) < 4.78 is 14.7. The largest absolute Gasteiger partial charge is 0.506 e. The van der Waals surface area contributed by atoms with Gasteiger partial charge in [-0.2, -0.15) is 0 Å². The number of phenolic OH excluding ortho intramolecular Hbond substituents is 1. The van der Waals surface area contributed by atoms with E-state index in [0.29, 0.717) is 50.7 Å². The topological polar surface area (TPSA) is 96.4 Å². The Morgan fingerprint density at radius 3 is 2.51 bits per heavy atom. The van der Waals surface area contributed by atoms with E-state index in [2.05, 4.69) is 16.4 Å². The third kappa shape index (κ3) is 5.15. The fourth-order valence-corrected chi connectivity index (χ4v) is 5.75. The van der Waals surface area contributed by atoms with E-state index in [4.69, 9.17) is 9.97 Å². The number of phenols is 1. The lowest BCUT2D eigenvalue weighted by atomic mass is 10.0. The second-order valence-electron chi connectivity index (χ2n) is 10.7. The summed E-state index contributed by atoms with van der Waals surface area (Å²) in [4.78, 5) is 45.3. The first-order valence-corrected chi connectivity index (χ1v) is 13.5. The van der Waals surface area contributed by atoms with Crippen molar-refractivity contribution in [3.63, 3.8) is 0 Å². The van der Waals surface area contributed by atoms with Gasteiger partial charge in [0, 0.05) is 63.5 Å². The number of aromatic nitrogens is 2. The summed E-state index contributed by atoms with van der Waals surface area (Å²) >= 11 is 0. The number of carbonyl (C=O) groups is 2. The Hall–Kier alpha value is -3.73. The number of hydrogen-bond acceptors (Lipinski definition) is 8. The van der Waals surface area contributed by atoms with Gasteiger partial charge in [-0.3, -0.25) is 9.59 Å². The Kier molecular flexibility index (Phi) is 7.44. The number of benzene rings is 1. The highest BCUT2D eigenvalue weighted by Crippen LogP contribution is 2.36. The van der Waals surface area contributed by atoms with Gasteiger partial charge < -0.3 is 29.6 Å². The lowest BCUT2D eigenvalue weighted by molar-refractivity contribution is -0.128. The first kappa shape index (κ1) is 26.9. The molecule has 0 aliphatic carbocycles. The Morgan fingerprint density at radius 1 is 1.08 bits per heavy atom. The summed E-state index contributed by atoms with van der Waals surface area (Å²) in [6, 6.07) is 4.13. The molecular formula is C28H36FN7O3. The molecule has 3 aliphatic rings. The molecule has 10 nitrogen and oxygen atoms in total. The molecule has 0 unspecified atom stereocenters. The zero-order valence-corrected chi connectivity index (χ0v) is 22.8. The molecule has 2 amide bonds. The van der Waals surface area contributed by atoms with Gasteiger partial charge in [-0.05, 0) is 45.5 Å². The molecule has 208 valence electrons. The van der Waals surface area contributed by atoms with E-state index < -0.39 is 5.82 Å². The van der Waals surface area contributed by atoms with E-state index in [1.54, 1.807) is 14.7 Å². The molecule has 2 fully saturated rings. The monoisotopic (exact) mass is 537 g/mol. The van der Waals surface area contributed by atoms with Crippen LogP contribution in [0, 0.1) is 5.82 Å². The molecule has 0 radical (unpaired) electrons. The third-order valence-electron chi connectivity index (χ3n) is 8.02. The number of nitrogens with zero attached hydrogens (tertiary/aromatic N) is 7. The molecule has 2 saturated heterocycles. The standard InChI is InChI=1S/C28H36FN7O3/c1-5-24(38)35-15-19(3)36(16-18(35)2)27-20-9-10-34(25-21(29)7-6-8-23(25)37)17-22(20)30-26(31-27)28(39)33-13-11-32(4)12-14-33/h5-8,18-19,37H,1,9-17H2,2-4H3/t18-,19+/m1/s1. The average Bonchev–Trinajstić information content (AvgIpc) is 2.93. The van der Waals surface area contributed by atoms with Crippen LogP contribution in [-0.4, -0.2) is 107 Å². The van der Waals surface area contributed by atoms with Gasteiger partial charge in [0.25, 0.3) is 5.91 Å². The van der Waals surface area contributed by atoms with Gasteiger partial charge >= 0.3 is 0 Å². The molecule has 4 heterocycles. The van der Waals surface area contributed by atoms with Gasteiger partial charge in [-0.1, -0.05) is 12.6 Å². The molecule has 1 aromatic heterocycles. The number of fused-ring (bicyclic) bond motifs is 1. The molecule has 1 aromatic carbocycles. The number of likely N-dealkylation sites (N-methyl/N-ethyl adjacent to an activating group) is 1. The second kappa shape index (κ2) is 10.8. The number of rotatable bonds is 4. The predicted octanol–water partition coefficient (Wildman–Crippen LogP) is 1.88. The van der Waals surface area contributed by atoms with Crippen molar-refractivity contribution in [3.05, 3.63) is 53.8 Å². The van der Waals surface area contributed by atoms with E-state index in [-0.39, 0.29) is 47.7 Å².